The fraction of sp³-hybridized carbons (Fsp3) is 0.500. The van der Waals surface area contributed by atoms with E-state index in [-0.39, 0.29) is 11.5 Å². The van der Waals surface area contributed by atoms with E-state index < -0.39 is 31.8 Å². The molecule has 0 amide bonds. The van der Waals surface area contributed by atoms with Crippen molar-refractivity contribution < 1.29 is 35.8 Å². The van der Waals surface area contributed by atoms with Crippen molar-refractivity contribution >= 4 is 19.7 Å². The molecule has 0 aliphatic rings. The van der Waals surface area contributed by atoms with Crippen molar-refractivity contribution in [3.8, 4) is 23.0 Å². The first-order valence-electron chi connectivity index (χ1n) is 11.2. The van der Waals surface area contributed by atoms with E-state index in [0.717, 1.165) is 0 Å². The predicted octanol–water partition coefficient (Wildman–Crippen LogP) is 2.28. The molecule has 2 aromatic rings. The highest BCUT2D eigenvalue weighted by molar-refractivity contribution is 7.90. The summed E-state index contributed by atoms with van der Waals surface area (Å²) >= 11 is 0. The lowest BCUT2D eigenvalue weighted by Crippen LogP contribution is -2.20. The van der Waals surface area contributed by atoms with Crippen LogP contribution in [0.1, 0.15) is 37.1 Å². The first-order valence-corrected chi connectivity index (χ1v) is 15.3. The standard InChI is InChI=1S/2C12H19NO4S/c2*1-4-17-12-7-9(5-6-11(12)16-2)10(13)8-18(3,14)15/h2*5-7,10H,4,8,13H2,1-3H3/t2*10-/m10/s1. The molecule has 0 spiro atoms. The summed E-state index contributed by atoms with van der Waals surface area (Å²) in [5.41, 5.74) is 13.1. The molecule has 36 heavy (non-hydrogen) atoms. The van der Waals surface area contributed by atoms with Crippen LogP contribution in [0, 0.1) is 0 Å². The molecular weight excluding hydrogens is 508 g/mol. The predicted molar refractivity (Wildman–Crippen MR) is 142 cm³/mol. The van der Waals surface area contributed by atoms with Gasteiger partial charge in [-0.25, -0.2) is 16.8 Å². The molecule has 0 aliphatic carbocycles. The third-order valence-electron chi connectivity index (χ3n) is 4.80. The summed E-state index contributed by atoms with van der Waals surface area (Å²) in [5, 5.41) is 0. The number of benzene rings is 2. The summed E-state index contributed by atoms with van der Waals surface area (Å²) in [4.78, 5) is 0. The van der Waals surface area contributed by atoms with Crippen LogP contribution < -0.4 is 30.4 Å². The van der Waals surface area contributed by atoms with E-state index in [2.05, 4.69) is 0 Å². The third-order valence-corrected chi connectivity index (χ3v) is 6.73. The Morgan fingerprint density at radius 1 is 0.667 bits per heavy atom. The molecule has 0 saturated heterocycles. The average molecular weight is 547 g/mol. The summed E-state index contributed by atoms with van der Waals surface area (Å²) in [5.74, 6) is 2.16. The van der Waals surface area contributed by atoms with Crippen LogP contribution in [0.15, 0.2) is 36.4 Å². The van der Waals surface area contributed by atoms with Gasteiger partial charge in [-0.1, -0.05) is 12.1 Å². The van der Waals surface area contributed by atoms with Gasteiger partial charge in [0, 0.05) is 24.6 Å². The topological polar surface area (TPSA) is 157 Å². The minimum Gasteiger partial charge on any atom is -0.493 e. The maximum atomic E-state index is 11.2. The highest BCUT2D eigenvalue weighted by Crippen LogP contribution is 2.31. The van der Waals surface area contributed by atoms with Crippen molar-refractivity contribution in [3.63, 3.8) is 0 Å². The van der Waals surface area contributed by atoms with E-state index in [1.807, 2.05) is 13.8 Å². The fourth-order valence-electron chi connectivity index (χ4n) is 3.23. The quantitative estimate of drug-likeness (QED) is 0.405. The van der Waals surface area contributed by atoms with Gasteiger partial charge in [0.25, 0.3) is 0 Å². The zero-order chi connectivity index (χ0) is 27.5. The number of rotatable bonds is 12. The number of methoxy groups -OCH3 is 2. The normalized spacial score (nSPS) is 13.1. The molecule has 12 heteroatoms. The molecule has 0 aliphatic heterocycles. The van der Waals surface area contributed by atoms with Crippen LogP contribution in [-0.2, 0) is 19.7 Å². The second kappa shape index (κ2) is 14.3. The third kappa shape index (κ3) is 11.0. The van der Waals surface area contributed by atoms with Crippen LogP contribution in [0.4, 0.5) is 0 Å². The van der Waals surface area contributed by atoms with Crippen molar-refractivity contribution in [3.05, 3.63) is 47.5 Å². The molecule has 4 N–H and O–H groups in total. The van der Waals surface area contributed by atoms with Gasteiger partial charge in [0.15, 0.2) is 23.0 Å². The lowest BCUT2D eigenvalue weighted by molar-refractivity contribution is 0.310. The molecule has 0 bridgehead atoms. The van der Waals surface area contributed by atoms with Crippen molar-refractivity contribution in [1.82, 2.24) is 0 Å². The number of sulfone groups is 2. The molecule has 0 radical (unpaired) electrons. The summed E-state index contributed by atoms with van der Waals surface area (Å²) in [6.45, 7) is 4.73. The Balaban J connectivity index is 0.000000360. The van der Waals surface area contributed by atoms with Crippen molar-refractivity contribution in [2.45, 2.75) is 25.9 Å². The van der Waals surface area contributed by atoms with Gasteiger partial charge in [0.05, 0.1) is 38.9 Å². The molecule has 0 saturated carbocycles. The Hall–Kier alpha value is -2.54. The largest absolute Gasteiger partial charge is 0.493 e. The number of ether oxygens (including phenoxy) is 4. The van der Waals surface area contributed by atoms with E-state index in [4.69, 9.17) is 30.4 Å². The molecule has 0 aromatic heterocycles. The average Bonchev–Trinajstić information content (AvgIpc) is 2.77. The Morgan fingerprint density at radius 2 is 1.00 bits per heavy atom. The second-order valence-corrected chi connectivity index (χ2v) is 12.5. The van der Waals surface area contributed by atoms with Crippen LogP contribution in [0.5, 0.6) is 23.0 Å². The Bertz CT molecular complexity index is 1090. The molecule has 204 valence electrons. The lowest BCUT2D eigenvalue weighted by Gasteiger charge is -2.15. The van der Waals surface area contributed by atoms with Crippen LogP contribution in [-0.4, -0.2) is 68.3 Å². The SMILES string of the molecule is CCOc1cc([C@@H](N)CS(C)(=O)=O)ccc1OC.CCOc1cc([C@H](N)CS(C)(=O)=O)ccc1OC. The Morgan fingerprint density at radius 3 is 1.25 bits per heavy atom. The Labute approximate surface area is 214 Å². The lowest BCUT2D eigenvalue weighted by atomic mass is 10.1. The minimum absolute atomic E-state index is 0.0924. The Kier molecular flexibility index (Phi) is 12.5. The van der Waals surface area contributed by atoms with Gasteiger partial charge in [0.2, 0.25) is 0 Å². The molecule has 0 fully saturated rings. The maximum absolute atomic E-state index is 11.2. The van der Waals surface area contributed by atoms with E-state index in [1.165, 1.54) is 12.5 Å². The zero-order valence-electron chi connectivity index (χ0n) is 21.7. The van der Waals surface area contributed by atoms with E-state index >= 15 is 0 Å². The highest BCUT2D eigenvalue weighted by atomic mass is 32.2. The smallest absolute Gasteiger partial charge is 0.161 e. The van der Waals surface area contributed by atoms with Gasteiger partial charge in [-0.3, -0.25) is 0 Å². The van der Waals surface area contributed by atoms with Crippen molar-refractivity contribution in [1.29, 1.82) is 0 Å². The van der Waals surface area contributed by atoms with Crippen LogP contribution in [0.3, 0.4) is 0 Å². The molecule has 0 unspecified atom stereocenters. The molecule has 2 rings (SSSR count). The van der Waals surface area contributed by atoms with E-state index in [1.54, 1.807) is 50.6 Å². The first kappa shape index (κ1) is 31.5. The van der Waals surface area contributed by atoms with Gasteiger partial charge in [0.1, 0.15) is 19.7 Å². The number of hydrogen-bond acceptors (Lipinski definition) is 10. The minimum atomic E-state index is -3.11. The zero-order valence-corrected chi connectivity index (χ0v) is 23.3. The molecule has 2 aromatic carbocycles. The van der Waals surface area contributed by atoms with Crippen LogP contribution in [0.25, 0.3) is 0 Å². The van der Waals surface area contributed by atoms with Crippen LogP contribution >= 0.6 is 0 Å². The first-order chi connectivity index (χ1) is 16.7. The molecule has 2 atom stereocenters. The monoisotopic (exact) mass is 546 g/mol. The van der Waals surface area contributed by atoms with Gasteiger partial charge >= 0.3 is 0 Å². The van der Waals surface area contributed by atoms with Gasteiger partial charge in [-0.15, -0.1) is 0 Å². The van der Waals surface area contributed by atoms with E-state index in [0.29, 0.717) is 47.3 Å². The molecule has 0 heterocycles. The summed E-state index contributed by atoms with van der Waals surface area (Å²) < 4.78 is 66.0. The maximum Gasteiger partial charge on any atom is 0.161 e. The van der Waals surface area contributed by atoms with Gasteiger partial charge < -0.3 is 30.4 Å². The van der Waals surface area contributed by atoms with E-state index in [9.17, 15) is 16.8 Å². The molecule has 10 nitrogen and oxygen atoms in total. The van der Waals surface area contributed by atoms with Gasteiger partial charge in [-0.05, 0) is 49.2 Å². The summed E-state index contributed by atoms with van der Waals surface area (Å²) in [6, 6.07) is 9.26. The van der Waals surface area contributed by atoms with Gasteiger partial charge in [-0.2, -0.15) is 0 Å². The van der Waals surface area contributed by atoms with Crippen molar-refractivity contribution in [2.24, 2.45) is 11.5 Å². The van der Waals surface area contributed by atoms with Crippen molar-refractivity contribution in [2.75, 3.05) is 51.5 Å². The second-order valence-electron chi connectivity index (χ2n) is 8.08. The highest BCUT2D eigenvalue weighted by Gasteiger charge is 2.16. The summed E-state index contributed by atoms with van der Waals surface area (Å²) in [7, 11) is -3.12. The number of hydrogen-bond donors (Lipinski definition) is 2. The number of nitrogens with two attached hydrogens (primary N) is 2. The fourth-order valence-corrected chi connectivity index (χ4v) is 4.92. The molecular formula is C24H38N2O8S2. The summed E-state index contributed by atoms with van der Waals surface area (Å²) in [6.07, 6.45) is 2.33. The van der Waals surface area contributed by atoms with Crippen LogP contribution in [0.2, 0.25) is 0 Å².